The van der Waals surface area contributed by atoms with Crippen LogP contribution in [0.25, 0.3) is 0 Å². The normalized spacial score (nSPS) is 28.3. The third-order valence-corrected chi connectivity index (χ3v) is 4.26. The van der Waals surface area contributed by atoms with Crippen LogP contribution in [0.4, 0.5) is 48.3 Å². The van der Waals surface area contributed by atoms with E-state index >= 15 is 0 Å². The zero-order valence-corrected chi connectivity index (χ0v) is 12.5. The summed E-state index contributed by atoms with van der Waals surface area (Å²) in [6.07, 6.45) is -3.97. The van der Waals surface area contributed by atoms with Gasteiger partial charge in [-0.15, -0.1) is 0 Å². The van der Waals surface area contributed by atoms with Crippen LogP contribution in [0, 0.1) is 6.92 Å². The fourth-order valence-electron chi connectivity index (χ4n) is 2.57. The van der Waals surface area contributed by atoms with Crippen LogP contribution in [0.15, 0.2) is 24.3 Å². The highest BCUT2D eigenvalue weighted by molar-refractivity contribution is 5.34. The number of halogens is 11. The molecule has 0 aromatic heterocycles. The van der Waals surface area contributed by atoms with Gasteiger partial charge in [-0.3, -0.25) is 0 Å². The minimum absolute atomic E-state index is 0.318. The molecule has 1 aliphatic carbocycles. The van der Waals surface area contributed by atoms with Gasteiger partial charge in [0.15, 0.2) is 0 Å². The summed E-state index contributed by atoms with van der Waals surface area (Å²) in [5.74, 6) is -35.9. The first kappa shape index (κ1) is 20.7. The molecule has 0 bridgehead atoms. The van der Waals surface area contributed by atoms with Crippen LogP contribution in [-0.2, 0) is 0 Å². The minimum atomic E-state index is -7.30. The zero-order chi connectivity index (χ0) is 20.6. The summed E-state index contributed by atoms with van der Waals surface area (Å²) in [5.41, 5.74) is -7.34. The predicted octanol–water partition coefficient (Wildman–Crippen LogP) is 4.93. The van der Waals surface area contributed by atoms with Crippen LogP contribution < -0.4 is 0 Å². The molecule has 0 spiro atoms. The average molecular weight is 402 g/mol. The van der Waals surface area contributed by atoms with E-state index < -0.39 is 46.9 Å². The summed E-state index contributed by atoms with van der Waals surface area (Å²) in [6, 6.07) is 2.92. The lowest BCUT2D eigenvalue weighted by molar-refractivity contribution is -0.494. The molecule has 1 unspecified atom stereocenters. The van der Waals surface area contributed by atoms with Crippen molar-refractivity contribution in [1.29, 1.82) is 0 Å². The number of benzene rings is 1. The van der Waals surface area contributed by atoms with Gasteiger partial charge < -0.3 is 5.11 Å². The van der Waals surface area contributed by atoms with E-state index in [1.807, 2.05) is 0 Å². The highest BCUT2D eigenvalue weighted by atomic mass is 19.4. The van der Waals surface area contributed by atoms with Crippen LogP contribution in [-0.4, -0.2) is 40.4 Å². The average Bonchev–Trinajstić information content (AvgIpc) is 2.52. The predicted molar refractivity (Wildman–Crippen MR) is 64.7 cm³/mol. The lowest BCUT2D eigenvalue weighted by atomic mass is 9.68. The summed E-state index contributed by atoms with van der Waals surface area (Å²) in [5, 5.41) is 9.55. The molecule has 0 radical (unpaired) electrons. The number of alkyl halides is 11. The monoisotopic (exact) mass is 402 g/mol. The maximum atomic E-state index is 14.6. The van der Waals surface area contributed by atoms with Gasteiger partial charge in [-0.25, -0.2) is 4.39 Å². The first-order chi connectivity index (χ1) is 11.4. The van der Waals surface area contributed by atoms with Gasteiger partial charge in [0.25, 0.3) is 5.67 Å². The van der Waals surface area contributed by atoms with E-state index in [1.54, 1.807) is 0 Å². The van der Waals surface area contributed by atoms with Crippen LogP contribution in [0.1, 0.15) is 17.2 Å². The first-order valence-electron chi connectivity index (χ1n) is 6.74. The molecule has 1 fully saturated rings. The zero-order valence-electron chi connectivity index (χ0n) is 12.5. The molecule has 148 valence electrons. The van der Waals surface area contributed by atoms with Crippen molar-refractivity contribution in [2.24, 2.45) is 0 Å². The van der Waals surface area contributed by atoms with Crippen molar-refractivity contribution in [1.82, 2.24) is 0 Å². The van der Waals surface area contributed by atoms with Crippen molar-refractivity contribution in [3.05, 3.63) is 35.4 Å². The Morgan fingerprint density at radius 3 is 1.27 bits per heavy atom. The Kier molecular flexibility index (Phi) is 4.17. The Morgan fingerprint density at radius 2 is 0.923 bits per heavy atom. The lowest BCUT2D eigenvalue weighted by Gasteiger charge is -2.53. The standard InChI is InChI=1S/C14H9F11O/c1-6-2-4-7(5-3-6)8(26)9(15)10(16,17)12(20,21)14(24,25)13(22,23)11(9,18)19/h2-5,8,26H,1H3. The Balaban J connectivity index is 2.81. The SMILES string of the molecule is Cc1ccc(C(O)C2(F)C(F)(F)C(F)(F)C(F)(F)C(F)(F)C2(F)F)cc1. The molecule has 26 heavy (non-hydrogen) atoms. The maximum absolute atomic E-state index is 14.6. The van der Waals surface area contributed by atoms with Crippen LogP contribution in [0.2, 0.25) is 0 Å². The van der Waals surface area contributed by atoms with Crippen LogP contribution in [0.5, 0.6) is 0 Å². The Morgan fingerprint density at radius 1 is 0.615 bits per heavy atom. The molecule has 1 aliphatic rings. The molecule has 0 amide bonds. The van der Waals surface area contributed by atoms with Crippen molar-refractivity contribution in [3.63, 3.8) is 0 Å². The van der Waals surface area contributed by atoms with E-state index in [-0.39, 0.29) is 0 Å². The summed E-state index contributed by atoms with van der Waals surface area (Å²) >= 11 is 0. The molecule has 0 saturated heterocycles. The van der Waals surface area contributed by atoms with Gasteiger partial charge in [0.2, 0.25) is 0 Å². The topological polar surface area (TPSA) is 20.2 Å². The number of aryl methyl sites for hydroxylation is 1. The largest absolute Gasteiger partial charge is 0.385 e. The molecule has 1 nitrogen and oxygen atoms in total. The minimum Gasteiger partial charge on any atom is -0.385 e. The number of aliphatic hydroxyl groups is 1. The number of hydrogen-bond acceptors (Lipinski definition) is 1. The molecule has 12 heteroatoms. The maximum Gasteiger partial charge on any atom is 0.384 e. The quantitative estimate of drug-likeness (QED) is 0.696. The van der Waals surface area contributed by atoms with Gasteiger partial charge in [0.1, 0.15) is 6.10 Å². The summed E-state index contributed by atoms with van der Waals surface area (Å²) in [6.45, 7) is 1.37. The van der Waals surface area contributed by atoms with E-state index in [2.05, 4.69) is 0 Å². The number of hydrogen-bond donors (Lipinski definition) is 1. The molecule has 1 saturated carbocycles. The highest BCUT2D eigenvalue weighted by Gasteiger charge is 3.02. The second kappa shape index (κ2) is 5.23. The van der Waals surface area contributed by atoms with Gasteiger partial charge in [-0.05, 0) is 12.5 Å². The Hall–Kier alpha value is -1.59. The fourth-order valence-corrected chi connectivity index (χ4v) is 2.57. The molecular formula is C14H9F11O. The van der Waals surface area contributed by atoms with Crippen LogP contribution in [0.3, 0.4) is 0 Å². The van der Waals surface area contributed by atoms with Crippen molar-refractivity contribution < 1.29 is 53.4 Å². The molecular weight excluding hydrogens is 393 g/mol. The molecule has 2 rings (SSSR count). The summed E-state index contributed by atoms with van der Waals surface area (Å²) in [7, 11) is 0. The third-order valence-electron chi connectivity index (χ3n) is 4.26. The van der Waals surface area contributed by atoms with Crippen molar-refractivity contribution in [2.75, 3.05) is 0 Å². The van der Waals surface area contributed by atoms with E-state index in [1.165, 1.54) is 6.92 Å². The molecule has 1 aromatic rings. The summed E-state index contributed by atoms with van der Waals surface area (Å²) < 4.78 is 149. The van der Waals surface area contributed by atoms with Gasteiger partial charge in [-0.2, -0.15) is 43.9 Å². The van der Waals surface area contributed by atoms with Crippen molar-refractivity contribution in [2.45, 2.75) is 48.3 Å². The third kappa shape index (κ3) is 1.96. The number of aliphatic hydroxyl groups excluding tert-OH is 1. The number of rotatable bonds is 2. The Labute approximate surface area is 138 Å². The Bertz CT molecular complexity index is 665. The van der Waals surface area contributed by atoms with Gasteiger partial charge in [-0.1, -0.05) is 29.8 Å². The lowest BCUT2D eigenvalue weighted by Crippen LogP contribution is -2.84. The van der Waals surface area contributed by atoms with E-state index in [0.717, 1.165) is 12.1 Å². The summed E-state index contributed by atoms with van der Waals surface area (Å²) in [4.78, 5) is 0. The molecule has 1 N–H and O–H groups in total. The molecule has 1 atom stereocenters. The van der Waals surface area contributed by atoms with E-state index in [9.17, 15) is 53.4 Å². The van der Waals surface area contributed by atoms with Crippen LogP contribution >= 0.6 is 0 Å². The second-order valence-corrected chi connectivity index (χ2v) is 5.90. The molecule has 1 aromatic carbocycles. The first-order valence-corrected chi connectivity index (χ1v) is 6.74. The molecule has 0 aliphatic heterocycles. The van der Waals surface area contributed by atoms with E-state index in [4.69, 9.17) is 0 Å². The smallest absolute Gasteiger partial charge is 0.384 e. The second-order valence-electron chi connectivity index (χ2n) is 5.90. The molecule has 0 heterocycles. The van der Waals surface area contributed by atoms with Gasteiger partial charge in [0.05, 0.1) is 0 Å². The van der Waals surface area contributed by atoms with Gasteiger partial charge in [0, 0.05) is 0 Å². The van der Waals surface area contributed by atoms with Crippen molar-refractivity contribution in [3.8, 4) is 0 Å². The highest BCUT2D eigenvalue weighted by Crippen LogP contribution is 2.71. The fraction of sp³-hybridized carbons (Fsp3) is 0.571. The van der Waals surface area contributed by atoms with Gasteiger partial charge >= 0.3 is 29.6 Å². The van der Waals surface area contributed by atoms with Crippen molar-refractivity contribution >= 4 is 0 Å². The van der Waals surface area contributed by atoms with E-state index in [0.29, 0.717) is 17.7 Å².